The minimum Gasteiger partial charge on any atom is -0.477 e. The van der Waals surface area contributed by atoms with E-state index in [1.807, 2.05) is 36.2 Å². The van der Waals surface area contributed by atoms with Gasteiger partial charge in [0.1, 0.15) is 11.0 Å². The maximum Gasteiger partial charge on any atom is 0.348 e. The number of aryl methyl sites for hydroxylation is 1. The van der Waals surface area contributed by atoms with Crippen LogP contribution in [0.25, 0.3) is 0 Å². The zero-order valence-electron chi connectivity index (χ0n) is 22.3. The lowest BCUT2D eigenvalue weighted by molar-refractivity contribution is -0.124. The Bertz CT molecular complexity index is 1060. The molecule has 0 unspecified atom stereocenters. The number of carbonyl (C=O) groups is 2. The second-order valence-electron chi connectivity index (χ2n) is 11.8. The average Bonchev–Trinajstić information content (AvgIpc) is 3.28. The molecule has 2 aliphatic rings. The number of carboxylic acid groups (broad SMARTS) is 1. The molecule has 0 radical (unpaired) electrons. The van der Waals surface area contributed by atoms with E-state index in [9.17, 15) is 14.7 Å². The minimum absolute atomic E-state index is 0.0248. The van der Waals surface area contributed by atoms with Crippen LogP contribution >= 0.6 is 11.3 Å². The highest BCUT2D eigenvalue weighted by molar-refractivity contribution is 7.14. The fraction of sp³-hybridized carbons (Fsp3) is 0.621. The Kier molecular flexibility index (Phi) is 8.08. The normalized spacial score (nSPS) is 24.8. The number of pyridine rings is 1. The molecule has 2 aromatic rings. The smallest absolute Gasteiger partial charge is 0.348 e. The molecule has 0 aromatic carbocycles. The third-order valence-corrected chi connectivity index (χ3v) is 9.23. The van der Waals surface area contributed by atoms with E-state index in [4.69, 9.17) is 4.74 Å². The second-order valence-corrected chi connectivity index (χ2v) is 12.8. The van der Waals surface area contributed by atoms with Crippen LogP contribution in [0.3, 0.4) is 0 Å². The van der Waals surface area contributed by atoms with Crippen LogP contribution in [0.1, 0.15) is 99.2 Å². The molecule has 2 aromatic heterocycles. The molecule has 1 N–H and O–H groups in total. The van der Waals surface area contributed by atoms with Crippen molar-refractivity contribution in [2.45, 2.75) is 104 Å². The van der Waals surface area contributed by atoms with Gasteiger partial charge in [-0.3, -0.25) is 4.79 Å². The summed E-state index contributed by atoms with van der Waals surface area (Å²) in [6.07, 6.45) is 8.91. The minimum atomic E-state index is -0.956. The van der Waals surface area contributed by atoms with Gasteiger partial charge in [0.2, 0.25) is 11.8 Å². The maximum atomic E-state index is 14.0. The summed E-state index contributed by atoms with van der Waals surface area (Å²) < 4.78 is 6.14. The molecule has 0 atom stereocenters. The van der Waals surface area contributed by atoms with E-state index in [0.717, 1.165) is 61.8 Å². The number of ether oxygens (including phenoxy) is 1. The van der Waals surface area contributed by atoms with Crippen molar-refractivity contribution in [3.05, 3.63) is 39.7 Å². The van der Waals surface area contributed by atoms with Crippen molar-refractivity contribution < 1.29 is 19.4 Å². The summed E-state index contributed by atoms with van der Waals surface area (Å²) in [5, 5.41) is 10.1. The molecule has 2 saturated carbocycles. The van der Waals surface area contributed by atoms with Crippen molar-refractivity contribution in [1.82, 2.24) is 4.98 Å². The molecule has 0 spiro atoms. The molecule has 196 valence electrons. The Morgan fingerprint density at radius 1 is 1.06 bits per heavy atom. The van der Waals surface area contributed by atoms with Crippen LogP contribution in [-0.2, 0) is 10.2 Å². The highest BCUT2D eigenvalue weighted by Gasteiger charge is 2.38. The summed E-state index contributed by atoms with van der Waals surface area (Å²) in [6.45, 7) is 10.5. The fourth-order valence-electron chi connectivity index (χ4n) is 5.40. The van der Waals surface area contributed by atoms with Gasteiger partial charge in [-0.25, -0.2) is 9.78 Å². The number of amides is 1. The number of hydrogen-bond donors (Lipinski definition) is 1. The van der Waals surface area contributed by atoms with Crippen molar-refractivity contribution >= 4 is 28.9 Å². The summed E-state index contributed by atoms with van der Waals surface area (Å²) in [4.78, 5) is 33.9. The summed E-state index contributed by atoms with van der Waals surface area (Å²) in [6, 6.07) is 5.84. The number of nitrogens with zero attached hydrogens (tertiary/aromatic N) is 2. The van der Waals surface area contributed by atoms with Gasteiger partial charge in [0, 0.05) is 29.1 Å². The van der Waals surface area contributed by atoms with Crippen LogP contribution in [0.5, 0.6) is 5.88 Å². The summed E-state index contributed by atoms with van der Waals surface area (Å²) in [5.74, 6) is 0.393. The van der Waals surface area contributed by atoms with Gasteiger partial charge in [0.25, 0.3) is 0 Å². The van der Waals surface area contributed by atoms with Crippen molar-refractivity contribution in [1.29, 1.82) is 0 Å². The molecule has 2 heterocycles. The number of thiophene rings is 1. The van der Waals surface area contributed by atoms with Gasteiger partial charge in [-0.1, -0.05) is 33.8 Å². The van der Waals surface area contributed by atoms with Gasteiger partial charge >= 0.3 is 5.97 Å². The van der Waals surface area contributed by atoms with E-state index in [0.29, 0.717) is 17.5 Å². The molecular weight excluding hydrogens is 472 g/mol. The number of carbonyl (C=O) groups excluding carboxylic acids is 1. The molecule has 2 fully saturated rings. The van der Waals surface area contributed by atoms with Gasteiger partial charge in [0.15, 0.2) is 0 Å². The van der Waals surface area contributed by atoms with Crippen molar-refractivity contribution in [2.75, 3.05) is 4.90 Å². The Balaban J connectivity index is 1.59. The number of aromatic carboxylic acids is 1. The molecule has 6 nitrogen and oxygen atoms in total. The largest absolute Gasteiger partial charge is 0.477 e. The molecule has 7 heteroatoms. The van der Waals surface area contributed by atoms with Crippen LogP contribution in [0.2, 0.25) is 0 Å². The number of anilines is 1. The average molecular weight is 513 g/mol. The molecule has 36 heavy (non-hydrogen) atoms. The quantitative estimate of drug-likeness (QED) is 0.451. The van der Waals surface area contributed by atoms with E-state index < -0.39 is 5.97 Å². The van der Waals surface area contributed by atoms with Gasteiger partial charge in [-0.05, 0) is 81.3 Å². The van der Waals surface area contributed by atoms with Gasteiger partial charge < -0.3 is 14.7 Å². The van der Waals surface area contributed by atoms with E-state index in [2.05, 4.69) is 32.7 Å². The molecule has 0 bridgehead atoms. The molecule has 0 aliphatic heterocycles. The molecule has 1 amide bonds. The molecule has 4 rings (SSSR count). The van der Waals surface area contributed by atoms with Crippen LogP contribution in [0.4, 0.5) is 5.69 Å². The monoisotopic (exact) mass is 512 g/mol. The van der Waals surface area contributed by atoms with Crippen molar-refractivity contribution in [3.63, 3.8) is 0 Å². The van der Waals surface area contributed by atoms with Crippen molar-refractivity contribution in [2.24, 2.45) is 11.8 Å². The maximum absolute atomic E-state index is 14.0. The van der Waals surface area contributed by atoms with Crippen LogP contribution < -0.4 is 9.64 Å². The lowest BCUT2D eigenvalue weighted by Gasteiger charge is -2.39. The molecule has 0 saturated heterocycles. The lowest BCUT2D eigenvalue weighted by atomic mass is 9.81. The van der Waals surface area contributed by atoms with Crippen LogP contribution in [-0.4, -0.2) is 34.1 Å². The Labute approximate surface area is 219 Å². The van der Waals surface area contributed by atoms with Crippen LogP contribution in [0.15, 0.2) is 24.4 Å². The number of aromatic nitrogens is 1. The Morgan fingerprint density at radius 2 is 1.72 bits per heavy atom. The van der Waals surface area contributed by atoms with Crippen LogP contribution in [0, 0.1) is 18.8 Å². The van der Waals surface area contributed by atoms with E-state index in [-0.39, 0.29) is 34.3 Å². The van der Waals surface area contributed by atoms with E-state index in [1.165, 1.54) is 11.3 Å². The first-order valence-corrected chi connectivity index (χ1v) is 14.1. The summed E-state index contributed by atoms with van der Waals surface area (Å²) >= 11 is 1.31. The first-order chi connectivity index (χ1) is 17.0. The van der Waals surface area contributed by atoms with E-state index >= 15 is 0 Å². The van der Waals surface area contributed by atoms with Gasteiger partial charge in [0.05, 0.1) is 5.69 Å². The predicted molar refractivity (Wildman–Crippen MR) is 144 cm³/mol. The predicted octanol–water partition coefficient (Wildman–Crippen LogP) is 7.00. The third kappa shape index (κ3) is 6.10. The highest BCUT2D eigenvalue weighted by Crippen LogP contribution is 2.42. The van der Waals surface area contributed by atoms with Gasteiger partial charge in [-0.2, -0.15) is 0 Å². The number of carboxylic acids is 1. The topological polar surface area (TPSA) is 79.7 Å². The molecular formula is C29H40N2O4S. The Hall–Kier alpha value is -2.41. The highest BCUT2D eigenvalue weighted by atomic mass is 32.1. The van der Waals surface area contributed by atoms with Gasteiger partial charge in [-0.15, -0.1) is 11.3 Å². The fourth-order valence-corrected chi connectivity index (χ4v) is 6.44. The first kappa shape index (κ1) is 26.6. The zero-order valence-corrected chi connectivity index (χ0v) is 23.1. The summed E-state index contributed by atoms with van der Waals surface area (Å²) in [7, 11) is 0. The lowest BCUT2D eigenvalue weighted by Crippen LogP contribution is -2.47. The SMILES string of the molecule is Cc1ccc(OC2CCC(N(C(=O)C3CCC(C)CC3)c3cc(C(C)(C)C)sc3C(=O)O)CC2)nc1. The first-order valence-electron chi connectivity index (χ1n) is 13.3. The van der Waals surface area contributed by atoms with Crippen molar-refractivity contribution in [3.8, 4) is 5.88 Å². The summed E-state index contributed by atoms with van der Waals surface area (Å²) in [5.41, 5.74) is 1.50. The number of rotatable bonds is 6. The Morgan fingerprint density at radius 3 is 2.28 bits per heavy atom. The third-order valence-electron chi connectivity index (χ3n) is 7.69. The standard InChI is InChI=1S/C29H40N2O4S/c1-18-6-9-20(10-7-18)27(32)31(23-16-24(29(3,4)5)36-26(23)28(33)34)21-11-13-22(14-12-21)35-25-15-8-19(2)17-30-25/h8,15-18,20-22H,6-7,9-14H2,1-5H3,(H,33,34). The molecule has 2 aliphatic carbocycles. The zero-order chi connectivity index (χ0) is 26.0. The second kappa shape index (κ2) is 10.9. The number of hydrogen-bond acceptors (Lipinski definition) is 5. The van der Waals surface area contributed by atoms with E-state index in [1.54, 1.807) is 0 Å².